The van der Waals surface area contributed by atoms with E-state index in [0.717, 1.165) is 0 Å². The van der Waals surface area contributed by atoms with Crippen LogP contribution in [0.15, 0.2) is 40.4 Å². The first kappa shape index (κ1) is 17.1. The van der Waals surface area contributed by atoms with Crippen LogP contribution in [0.25, 0.3) is 17.4 Å². The lowest BCUT2D eigenvalue weighted by Crippen LogP contribution is -2.35. The summed E-state index contributed by atoms with van der Waals surface area (Å²) >= 11 is 11.8. The minimum Gasteiger partial charge on any atom is -0.480 e. The molecule has 2 N–H and O–H groups in total. The molecule has 1 aliphatic rings. The Morgan fingerprint density at radius 2 is 1.96 bits per heavy atom. The van der Waals surface area contributed by atoms with Crippen LogP contribution in [0.4, 0.5) is 4.79 Å². The number of nitrogens with one attached hydrogen (secondary N) is 1. The van der Waals surface area contributed by atoms with Gasteiger partial charge >= 0.3 is 12.0 Å². The van der Waals surface area contributed by atoms with Crippen LogP contribution in [-0.2, 0) is 9.59 Å². The van der Waals surface area contributed by atoms with Crippen molar-refractivity contribution < 1.29 is 23.9 Å². The number of aliphatic carboxylic acids is 1. The Balaban J connectivity index is 1.84. The highest BCUT2D eigenvalue weighted by Crippen LogP contribution is 2.30. The summed E-state index contributed by atoms with van der Waals surface area (Å²) in [6.45, 7) is -0.714. The van der Waals surface area contributed by atoms with Crippen molar-refractivity contribution in [2.75, 3.05) is 6.54 Å². The van der Waals surface area contributed by atoms with E-state index in [1.807, 2.05) is 0 Å². The van der Waals surface area contributed by atoms with Gasteiger partial charge in [0.15, 0.2) is 0 Å². The number of carboxylic acids is 1. The molecule has 25 heavy (non-hydrogen) atoms. The Labute approximate surface area is 151 Å². The zero-order valence-electron chi connectivity index (χ0n) is 12.5. The molecule has 1 saturated heterocycles. The number of carbonyl (C=O) groups is 3. The largest absolute Gasteiger partial charge is 0.480 e. The molecular weight excluding hydrogens is 371 g/mol. The predicted molar refractivity (Wildman–Crippen MR) is 90.0 cm³/mol. The Morgan fingerprint density at radius 1 is 1.20 bits per heavy atom. The van der Waals surface area contributed by atoms with Crippen molar-refractivity contribution in [2.45, 2.75) is 0 Å². The molecule has 1 aromatic heterocycles. The lowest BCUT2D eigenvalue weighted by molar-refractivity contribution is -0.140. The van der Waals surface area contributed by atoms with Crippen molar-refractivity contribution in [1.29, 1.82) is 0 Å². The summed E-state index contributed by atoms with van der Waals surface area (Å²) in [5.74, 6) is -1.23. The van der Waals surface area contributed by atoms with E-state index in [2.05, 4.69) is 5.32 Å². The van der Waals surface area contributed by atoms with Crippen LogP contribution in [0.5, 0.6) is 0 Å². The summed E-state index contributed by atoms with van der Waals surface area (Å²) in [5.41, 5.74) is 0.620. The molecule has 1 aromatic carbocycles. The second kappa shape index (κ2) is 6.62. The van der Waals surface area contributed by atoms with Gasteiger partial charge in [-0.2, -0.15) is 0 Å². The fourth-order valence-corrected chi connectivity index (χ4v) is 2.53. The number of carbonyl (C=O) groups excluding carboxylic acids is 2. The normalized spacial score (nSPS) is 15.8. The standard InChI is InChI=1S/C16H10Cl2N2O5/c17-10-3-1-8(5-11(10)18)13-4-2-9(25-13)6-12-15(23)20(7-14(21)22)16(24)19-12/h1-6H,7H2,(H,19,24)(H,21,22). The number of imide groups is 1. The topological polar surface area (TPSA) is 99.8 Å². The molecule has 2 aromatic rings. The average Bonchev–Trinajstić information content (AvgIpc) is 3.11. The van der Waals surface area contributed by atoms with Gasteiger partial charge in [-0.15, -0.1) is 0 Å². The van der Waals surface area contributed by atoms with Crippen LogP contribution in [-0.4, -0.2) is 34.5 Å². The first-order chi connectivity index (χ1) is 11.8. The molecular formula is C16H10Cl2N2O5. The van der Waals surface area contributed by atoms with Crippen molar-refractivity contribution >= 4 is 47.2 Å². The molecule has 1 fully saturated rings. The molecule has 3 amide bonds. The van der Waals surface area contributed by atoms with Gasteiger partial charge in [0.2, 0.25) is 0 Å². The highest BCUT2D eigenvalue weighted by Gasteiger charge is 2.35. The van der Waals surface area contributed by atoms with Gasteiger partial charge in [0.25, 0.3) is 5.91 Å². The van der Waals surface area contributed by atoms with Gasteiger partial charge in [-0.25, -0.2) is 9.69 Å². The van der Waals surface area contributed by atoms with Crippen LogP contribution >= 0.6 is 23.2 Å². The Hall–Kier alpha value is -2.77. The maximum Gasteiger partial charge on any atom is 0.329 e. The highest BCUT2D eigenvalue weighted by atomic mass is 35.5. The molecule has 128 valence electrons. The van der Waals surface area contributed by atoms with E-state index in [0.29, 0.717) is 32.0 Å². The number of nitrogens with zero attached hydrogens (tertiary/aromatic N) is 1. The maximum atomic E-state index is 12.1. The molecule has 1 aliphatic heterocycles. The van der Waals surface area contributed by atoms with Crippen molar-refractivity contribution in [3.8, 4) is 11.3 Å². The number of hydrogen-bond acceptors (Lipinski definition) is 4. The summed E-state index contributed by atoms with van der Waals surface area (Å²) in [7, 11) is 0. The summed E-state index contributed by atoms with van der Waals surface area (Å²) in [4.78, 5) is 35.0. The third-order valence-corrected chi connectivity index (χ3v) is 4.11. The quantitative estimate of drug-likeness (QED) is 0.626. The molecule has 3 rings (SSSR count). The van der Waals surface area contributed by atoms with Gasteiger partial charge in [0.05, 0.1) is 10.0 Å². The van der Waals surface area contributed by atoms with E-state index in [1.165, 1.54) is 6.08 Å². The third kappa shape index (κ3) is 3.52. The Kier molecular flexibility index (Phi) is 4.52. The monoisotopic (exact) mass is 380 g/mol. The van der Waals surface area contributed by atoms with Gasteiger partial charge in [0.1, 0.15) is 23.8 Å². The first-order valence-corrected chi connectivity index (χ1v) is 7.72. The summed E-state index contributed by atoms with van der Waals surface area (Å²) in [6.07, 6.45) is 1.32. The number of amides is 3. The minimum absolute atomic E-state index is 0.0683. The zero-order chi connectivity index (χ0) is 18.1. The molecule has 2 heterocycles. The number of hydrogen-bond donors (Lipinski definition) is 2. The van der Waals surface area contributed by atoms with Crippen LogP contribution < -0.4 is 5.32 Å². The van der Waals surface area contributed by atoms with Crippen molar-refractivity contribution in [2.24, 2.45) is 0 Å². The fraction of sp³-hybridized carbons (Fsp3) is 0.0625. The molecule has 0 spiro atoms. The van der Waals surface area contributed by atoms with Gasteiger partial charge in [-0.05, 0) is 30.3 Å². The lowest BCUT2D eigenvalue weighted by Gasteiger charge is -2.06. The second-order valence-corrected chi connectivity index (χ2v) is 5.92. The molecule has 0 radical (unpaired) electrons. The van der Waals surface area contributed by atoms with Crippen LogP contribution in [0.2, 0.25) is 10.0 Å². The molecule has 0 bridgehead atoms. The van der Waals surface area contributed by atoms with Crippen LogP contribution in [0.3, 0.4) is 0 Å². The zero-order valence-corrected chi connectivity index (χ0v) is 14.0. The smallest absolute Gasteiger partial charge is 0.329 e. The van der Waals surface area contributed by atoms with Gasteiger partial charge in [0, 0.05) is 11.6 Å². The van der Waals surface area contributed by atoms with Gasteiger partial charge in [-0.1, -0.05) is 23.2 Å². The van der Waals surface area contributed by atoms with Crippen molar-refractivity contribution in [1.82, 2.24) is 10.2 Å². The summed E-state index contributed by atoms with van der Waals surface area (Å²) in [6, 6.07) is 7.46. The van der Waals surface area contributed by atoms with E-state index >= 15 is 0 Å². The molecule has 9 heteroatoms. The summed E-state index contributed by atoms with van der Waals surface area (Å²) in [5, 5.41) is 11.8. The predicted octanol–water partition coefficient (Wildman–Crippen LogP) is 3.23. The molecule has 7 nitrogen and oxygen atoms in total. The Bertz CT molecular complexity index is 919. The van der Waals surface area contributed by atoms with Crippen molar-refractivity contribution in [3.63, 3.8) is 0 Å². The fourth-order valence-electron chi connectivity index (χ4n) is 2.23. The van der Waals surface area contributed by atoms with E-state index in [4.69, 9.17) is 32.7 Å². The number of rotatable bonds is 4. The maximum absolute atomic E-state index is 12.1. The molecule has 0 saturated carbocycles. The molecule has 0 unspecified atom stereocenters. The minimum atomic E-state index is -1.29. The van der Waals surface area contributed by atoms with Gasteiger partial charge < -0.3 is 14.8 Å². The van der Waals surface area contributed by atoms with E-state index < -0.39 is 24.5 Å². The van der Waals surface area contributed by atoms with E-state index in [-0.39, 0.29) is 5.70 Å². The van der Waals surface area contributed by atoms with E-state index in [1.54, 1.807) is 30.3 Å². The lowest BCUT2D eigenvalue weighted by atomic mass is 10.2. The first-order valence-electron chi connectivity index (χ1n) is 6.97. The van der Waals surface area contributed by atoms with Crippen LogP contribution in [0, 0.1) is 0 Å². The third-order valence-electron chi connectivity index (χ3n) is 3.37. The number of carboxylic acid groups (broad SMARTS) is 1. The molecule has 0 atom stereocenters. The van der Waals surface area contributed by atoms with E-state index in [9.17, 15) is 14.4 Å². The summed E-state index contributed by atoms with van der Waals surface area (Å²) < 4.78 is 5.61. The Morgan fingerprint density at radius 3 is 2.64 bits per heavy atom. The molecule has 0 aliphatic carbocycles. The number of furan rings is 1. The number of urea groups is 1. The average molecular weight is 381 g/mol. The highest BCUT2D eigenvalue weighted by molar-refractivity contribution is 6.42. The second-order valence-electron chi connectivity index (χ2n) is 5.10. The SMILES string of the molecule is O=C(O)CN1C(=O)NC(=Cc2ccc(-c3ccc(Cl)c(Cl)c3)o2)C1=O. The van der Waals surface area contributed by atoms with Crippen LogP contribution in [0.1, 0.15) is 5.76 Å². The number of benzene rings is 1. The van der Waals surface area contributed by atoms with Crippen molar-refractivity contribution in [3.05, 3.63) is 51.8 Å². The van der Waals surface area contributed by atoms with Gasteiger partial charge in [-0.3, -0.25) is 9.59 Å². The number of halogens is 2.